The van der Waals surface area contributed by atoms with Crippen LogP contribution in [0.4, 0.5) is 0 Å². The van der Waals surface area contributed by atoms with E-state index in [9.17, 15) is 4.79 Å². The number of amides is 1. The quantitative estimate of drug-likeness (QED) is 0.584. The Morgan fingerprint density at radius 2 is 1.68 bits per heavy atom. The zero-order valence-corrected chi connectivity index (χ0v) is 15.4. The van der Waals surface area contributed by atoms with Crippen molar-refractivity contribution in [2.24, 2.45) is 0 Å². The van der Waals surface area contributed by atoms with E-state index in [0.29, 0.717) is 23.0 Å². The van der Waals surface area contributed by atoms with Gasteiger partial charge >= 0.3 is 0 Å². The normalized spacial score (nSPS) is 10.6. The number of carbonyl (C=O) groups excluding carboxylic acids is 1. The molecule has 28 heavy (non-hydrogen) atoms. The minimum Gasteiger partial charge on any atom is -0.345 e. The Bertz CT molecular complexity index is 1090. The van der Waals surface area contributed by atoms with Gasteiger partial charge in [-0.1, -0.05) is 54.6 Å². The van der Waals surface area contributed by atoms with Gasteiger partial charge in [0.05, 0.1) is 6.54 Å². The molecule has 0 fully saturated rings. The molecule has 1 amide bonds. The van der Waals surface area contributed by atoms with E-state index >= 15 is 0 Å². The Morgan fingerprint density at radius 3 is 2.39 bits per heavy atom. The summed E-state index contributed by atoms with van der Waals surface area (Å²) in [6.07, 6.45) is 1.72. The fourth-order valence-electron chi connectivity index (χ4n) is 2.89. The van der Waals surface area contributed by atoms with E-state index in [1.165, 1.54) is 0 Å². The van der Waals surface area contributed by atoms with Gasteiger partial charge in [-0.15, -0.1) is 5.10 Å². The van der Waals surface area contributed by atoms with E-state index in [1.807, 2.05) is 67.6 Å². The lowest BCUT2D eigenvalue weighted by Crippen LogP contribution is -2.25. The first-order chi connectivity index (χ1) is 13.7. The van der Waals surface area contributed by atoms with Crippen LogP contribution in [-0.4, -0.2) is 25.7 Å². The van der Waals surface area contributed by atoms with E-state index in [-0.39, 0.29) is 12.5 Å². The van der Waals surface area contributed by atoms with Crippen molar-refractivity contribution in [3.05, 3.63) is 95.9 Å². The molecule has 0 aliphatic carbocycles. The van der Waals surface area contributed by atoms with Crippen molar-refractivity contribution in [2.75, 3.05) is 0 Å². The molecule has 0 saturated carbocycles. The molecule has 0 saturated heterocycles. The lowest BCUT2D eigenvalue weighted by molar-refractivity contribution is 0.0949. The average Bonchev–Trinajstić information content (AvgIpc) is 3.17. The number of aryl methyl sites for hydroxylation is 1. The molecular weight excluding hydrogens is 350 g/mol. The fourth-order valence-corrected chi connectivity index (χ4v) is 2.89. The maximum atomic E-state index is 12.4. The summed E-state index contributed by atoms with van der Waals surface area (Å²) in [7, 11) is 0. The minimum absolute atomic E-state index is 0.158. The van der Waals surface area contributed by atoms with Gasteiger partial charge in [0.2, 0.25) is 0 Å². The molecule has 0 radical (unpaired) electrons. The predicted molar refractivity (Wildman–Crippen MR) is 107 cm³/mol. The molecule has 6 heteroatoms. The van der Waals surface area contributed by atoms with Crippen LogP contribution < -0.4 is 5.32 Å². The third kappa shape index (κ3) is 3.66. The van der Waals surface area contributed by atoms with Gasteiger partial charge in [-0.2, -0.15) is 4.68 Å². The zero-order valence-electron chi connectivity index (χ0n) is 15.4. The molecule has 0 bridgehead atoms. The van der Waals surface area contributed by atoms with E-state index in [4.69, 9.17) is 0 Å². The monoisotopic (exact) mass is 369 g/mol. The molecule has 0 aliphatic rings. The number of hydrogen-bond donors (Lipinski definition) is 1. The summed E-state index contributed by atoms with van der Waals surface area (Å²) in [6, 6.07) is 22.7. The van der Waals surface area contributed by atoms with Crippen molar-refractivity contribution in [1.29, 1.82) is 0 Å². The summed E-state index contributed by atoms with van der Waals surface area (Å²) in [5, 5.41) is 7.57. The van der Waals surface area contributed by atoms with E-state index in [0.717, 1.165) is 11.1 Å². The summed E-state index contributed by atoms with van der Waals surface area (Å²) in [5.41, 5.74) is 2.49. The number of nitrogens with one attached hydrogen (secondary N) is 1. The van der Waals surface area contributed by atoms with Crippen LogP contribution in [0.15, 0.2) is 79.0 Å². The van der Waals surface area contributed by atoms with Crippen molar-refractivity contribution >= 4 is 5.91 Å². The largest absolute Gasteiger partial charge is 0.345 e. The Labute approximate surface area is 162 Å². The Morgan fingerprint density at radius 1 is 0.964 bits per heavy atom. The average molecular weight is 369 g/mol. The molecular formula is C22H19N5O. The molecule has 0 unspecified atom stereocenters. The first-order valence-electron chi connectivity index (χ1n) is 8.99. The number of benzene rings is 2. The lowest BCUT2D eigenvalue weighted by atomic mass is 10.2. The van der Waals surface area contributed by atoms with Gasteiger partial charge in [0.25, 0.3) is 5.91 Å². The summed E-state index contributed by atoms with van der Waals surface area (Å²) in [6.45, 7) is 2.21. The molecule has 2 heterocycles. The second kappa shape index (κ2) is 7.84. The highest BCUT2D eigenvalue weighted by atomic mass is 16.1. The first kappa shape index (κ1) is 17.6. The molecule has 2 aromatic heterocycles. The number of carbonyl (C=O) groups is 1. The summed E-state index contributed by atoms with van der Waals surface area (Å²) >= 11 is 0. The van der Waals surface area contributed by atoms with Crippen LogP contribution in [0.5, 0.6) is 0 Å². The summed E-state index contributed by atoms with van der Waals surface area (Å²) in [5.74, 6) is 1.75. The highest BCUT2D eigenvalue weighted by Crippen LogP contribution is 2.19. The van der Waals surface area contributed by atoms with Crippen LogP contribution in [0.25, 0.3) is 17.2 Å². The van der Waals surface area contributed by atoms with Crippen LogP contribution in [0.2, 0.25) is 0 Å². The first-order valence-corrected chi connectivity index (χ1v) is 8.99. The second-order valence-corrected chi connectivity index (χ2v) is 6.32. The topological polar surface area (TPSA) is 72.7 Å². The van der Waals surface area contributed by atoms with Gasteiger partial charge in [0.1, 0.15) is 0 Å². The van der Waals surface area contributed by atoms with Crippen LogP contribution in [0.1, 0.15) is 21.7 Å². The van der Waals surface area contributed by atoms with E-state index in [2.05, 4.69) is 20.4 Å². The molecule has 0 atom stereocenters. The Hall–Kier alpha value is -3.80. The maximum Gasteiger partial charge on any atom is 0.251 e. The lowest BCUT2D eigenvalue weighted by Gasteiger charge is -2.08. The molecule has 1 N–H and O–H groups in total. The smallest absolute Gasteiger partial charge is 0.251 e. The number of pyridine rings is 1. The Balaban J connectivity index is 1.68. The minimum atomic E-state index is -0.158. The standard InChI is InChI=1S/C22H19N5O/c1-16-9-8-14-23-21(16)27-19(15-24-22(28)18-12-6-3-7-13-18)25-20(26-27)17-10-4-2-5-11-17/h2-14H,15H2,1H3,(H,24,28). The molecule has 4 aromatic rings. The van der Waals surface area contributed by atoms with Gasteiger partial charge in [-0.25, -0.2) is 9.97 Å². The molecule has 4 rings (SSSR count). The van der Waals surface area contributed by atoms with Crippen molar-refractivity contribution in [3.8, 4) is 17.2 Å². The van der Waals surface area contributed by atoms with Gasteiger partial charge in [0.15, 0.2) is 17.5 Å². The number of hydrogen-bond acceptors (Lipinski definition) is 4. The van der Waals surface area contributed by atoms with Crippen LogP contribution in [-0.2, 0) is 6.54 Å². The molecule has 138 valence electrons. The third-order valence-electron chi connectivity index (χ3n) is 4.33. The summed E-state index contributed by atoms with van der Waals surface area (Å²) in [4.78, 5) is 21.5. The third-order valence-corrected chi connectivity index (χ3v) is 4.33. The molecule has 0 spiro atoms. The van der Waals surface area contributed by atoms with E-state index in [1.54, 1.807) is 23.0 Å². The predicted octanol–water partition coefficient (Wildman–Crippen LogP) is 3.57. The van der Waals surface area contributed by atoms with Crippen LogP contribution in [0, 0.1) is 6.92 Å². The van der Waals surface area contributed by atoms with Crippen LogP contribution in [0.3, 0.4) is 0 Å². The van der Waals surface area contributed by atoms with Crippen molar-refractivity contribution in [1.82, 2.24) is 25.1 Å². The van der Waals surface area contributed by atoms with Gasteiger partial charge < -0.3 is 5.32 Å². The SMILES string of the molecule is Cc1cccnc1-n1nc(-c2ccccc2)nc1CNC(=O)c1ccccc1. The molecule has 2 aromatic carbocycles. The number of rotatable bonds is 5. The highest BCUT2D eigenvalue weighted by Gasteiger charge is 2.16. The van der Waals surface area contributed by atoms with Gasteiger partial charge in [-0.05, 0) is 30.7 Å². The van der Waals surface area contributed by atoms with Crippen LogP contribution >= 0.6 is 0 Å². The molecule has 6 nitrogen and oxygen atoms in total. The molecule has 0 aliphatic heterocycles. The van der Waals surface area contributed by atoms with Gasteiger partial charge in [-0.3, -0.25) is 4.79 Å². The number of aromatic nitrogens is 4. The fraction of sp³-hybridized carbons (Fsp3) is 0.0909. The maximum absolute atomic E-state index is 12.4. The van der Waals surface area contributed by atoms with Crippen molar-refractivity contribution in [3.63, 3.8) is 0 Å². The summed E-state index contributed by atoms with van der Waals surface area (Å²) < 4.78 is 1.70. The number of nitrogens with zero attached hydrogens (tertiary/aromatic N) is 4. The van der Waals surface area contributed by atoms with Crippen molar-refractivity contribution in [2.45, 2.75) is 13.5 Å². The van der Waals surface area contributed by atoms with Crippen molar-refractivity contribution < 1.29 is 4.79 Å². The van der Waals surface area contributed by atoms with Gasteiger partial charge in [0, 0.05) is 17.3 Å². The highest BCUT2D eigenvalue weighted by molar-refractivity contribution is 5.94. The van der Waals surface area contributed by atoms with E-state index < -0.39 is 0 Å². The second-order valence-electron chi connectivity index (χ2n) is 6.32. The zero-order chi connectivity index (χ0) is 19.3. The Kier molecular flexibility index (Phi) is 4.93.